The van der Waals surface area contributed by atoms with Crippen LogP contribution >= 0.6 is 0 Å². The molecule has 154 valence electrons. The fourth-order valence-electron chi connectivity index (χ4n) is 3.03. The molecule has 0 aliphatic carbocycles. The summed E-state index contributed by atoms with van der Waals surface area (Å²) >= 11 is 0. The second kappa shape index (κ2) is 9.56. The smallest absolute Gasteiger partial charge is 0.259 e. The molecule has 0 unspecified atom stereocenters. The molecule has 7 nitrogen and oxygen atoms in total. The highest BCUT2D eigenvalue weighted by Crippen LogP contribution is 2.27. The number of nitrogens with zero attached hydrogens (tertiary/aromatic N) is 1. The number of carbonyl (C=O) groups is 2. The average Bonchev–Trinajstić information content (AvgIpc) is 2.79. The highest BCUT2D eigenvalue weighted by atomic mass is 16.5. The SMILES string of the molecule is COc1ccc(C(=O)NCC(=O)NN=C(C)c2cccc3ccccc23)cc1OC. The molecular formula is C23H23N3O4. The molecule has 0 saturated carbocycles. The summed E-state index contributed by atoms with van der Waals surface area (Å²) in [6, 6.07) is 18.7. The van der Waals surface area contributed by atoms with Gasteiger partial charge in [0.1, 0.15) is 0 Å². The molecule has 0 bridgehead atoms. The number of hydrogen-bond acceptors (Lipinski definition) is 5. The summed E-state index contributed by atoms with van der Waals surface area (Å²) in [7, 11) is 3.01. The largest absolute Gasteiger partial charge is 0.493 e. The normalized spacial score (nSPS) is 11.1. The van der Waals surface area contributed by atoms with Crippen molar-refractivity contribution in [3.05, 3.63) is 71.8 Å². The average molecular weight is 405 g/mol. The molecular weight excluding hydrogens is 382 g/mol. The Morgan fingerprint density at radius 2 is 1.67 bits per heavy atom. The van der Waals surface area contributed by atoms with Crippen molar-refractivity contribution in [3.63, 3.8) is 0 Å². The first-order chi connectivity index (χ1) is 14.5. The number of fused-ring (bicyclic) bond motifs is 1. The number of methoxy groups -OCH3 is 2. The molecule has 0 heterocycles. The highest BCUT2D eigenvalue weighted by molar-refractivity contribution is 6.10. The van der Waals surface area contributed by atoms with Gasteiger partial charge in [0.15, 0.2) is 11.5 Å². The van der Waals surface area contributed by atoms with E-state index in [-0.39, 0.29) is 6.54 Å². The Hall–Kier alpha value is -3.87. The van der Waals surface area contributed by atoms with E-state index in [9.17, 15) is 9.59 Å². The van der Waals surface area contributed by atoms with Crippen LogP contribution in [0.3, 0.4) is 0 Å². The number of ether oxygens (including phenoxy) is 2. The van der Waals surface area contributed by atoms with Crippen molar-refractivity contribution in [2.75, 3.05) is 20.8 Å². The van der Waals surface area contributed by atoms with Gasteiger partial charge in [-0.1, -0.05) is 42.5 Å². The summed E-state index contributed by atoms with van der Waals surface area (Å²) in [4.78, 5) is 24.4. The molecule has 3 aromatic rings. The van der Waals surface area contributed by atoms with Crippen molar-refractivity contribution >= 4 is 28.3 Å². The zero-order chi connectivity index (χ0) is 21.5. The lowest BCUT2D eigenvalue weighted by Gasteiger charge is -2.10. The van der Waals surface area contributed by atoms with Crippen LogP contribution in [0.4, 0.5) is 0 Å². The predicted molar refractivity (Wildman–Crippen MR) is 116 cm³/mol. The van der Waals surface area contributed by atoms with E-state index in [1.165, 1.54) is 14.2 Å². The Morgan fingerprint density at radius 3 is 2.43 bits per heavy atom. The third kappa shape index (κ3) is 4.75. The second-order valence-electron chi connectivity index (χ2n) is 6.51. The molecule has 3 rings (SSSR count). The Balaban J connectivity index is 1.61. The van der Waals surface area contributed by atoms with Crippen LogP contribution in [0.15, 0.2) is 65.8 Å². The quantitative estimate of drug-likeness (QED) is 0.467. The monoisotopic (exact) mass is 405 g/mol. The van der Waals surface area contributed by atoms with Crippen LogP contribution in [0.2, 0.25) is 0 Å². The number of nitrogens with one attached hydrogen (secondary N) is 2. The fraction of sp³-hybridized carbons (Fsp3) is 0.174. The third-order valence-electron chi connectivity index (χ3n) is 4.58. The van der Waals surface area contributed by atoms with Crippen molar-refractivity contribution in [2.24, 2.45) is 5.10 Å². The molecule has 3 aromatic carbocycles. The van der Waals surface area contributed by atoms with Crippen molar-refractivity contribution in [1.29, 1.82) is 0 Å². The number of carbonyl (C=O) groups excluding carboxylic acids is 2. The van der Waals surface area contributed by atoms with E-state index in [1.807, 2.05) is 49.4 Å². The highest BCUT2D eigenvalue weighted by Gasteiger charge is 2.12. The van der Waals surface area contributed by atoms with Crippen LogP contribution in [0.25, 0.3) is 10.8 Å². The van der Waals surface area contributed by atoms with Crippen LogP contribution in [0.5, 0.6) is 11.5 Å². The maximum Gasteiger partial charge on any atom is 0.259 e. The van der Waals surface area contributed by atoms with Gasteiger partial charge in [-0.25, -0.2) is 5.43 Å². The van der Waals surface area contributed by atoms with Gasteiger partial charge in [-0.15, -0.1) is 0 Å². The van der Waals surface area contributed by atoms with Crippen LogP contribution in [-0.4, -0.2) is 38.3 Å². The number of benzene rings is 3. The molecule has 0 atom stereocenters. The first kappa shape index (κ1) is 20.9. The lowest BCUT2D eigenvalue weighted by molar-refractivity contribution is -0.120. The molecule has 7 heteroatoms. The molecule has 0 fully saturated rings. The van der Waals surface area contributed by atoms with Gasteiger partial charge in [-0.3, -0.25) is 9.59 Å². The molecule has 0 aliphatic heterocycles. The number of hydrazone groups is 1. The van der Waals surface area contributed by atoms with Gasteiger partial charge in [-0.05, 0) is 35.9 Å². The van der Waals surface area contributed by atoms with Crippen LogP contribution < -0.4 is 20.2 Å². The van der Waals surface area contributed by atoms with Gasteiger partial charge in [0.2, 0.25) is 0 Å². The van der Waals surface area contributed by atoms with E-state index in [1.54, 1.807) is 18.2 Å². The topological polar surface area (TPSA) is 89.0 Å². The summed E-state index contributed by atoms with van der Waals surface area (Å²) in [5, 5.41) is 8.89. The summed E-state index contributed by atoms with van der Waals surface area (Å²) in [6.07, 6.45) is 0. The number of rotatable bonds is 7. The van der Waals surface area contributed by atoms with Crippen molar-refractivity contribution in [1.82, 2.24) is 10.7 Å². The summed E-state index contributed by atoms with van der Waals surface area (Å²) in [5.74, 6) is 0.124. The second-order valence-corrected chi connectivity index (χ2v) is 6.51. The lowest BCUT2D eigenvalue weighted by Crippen LogP contribution is -2.35. The lowest BCUT2D eigenvalue weighted by atomic mass is 10.0. The van der Waals surface area contributed by atoms with Crippen molar-refractivity contribution < 1.29 is 19.1 Å². The standard InChI is InChI=1S/C23H23N3O4/c1-15(18-10-6-8-16-7-4-5-9-19(16)18)25-26-22(27)14-24-23(28)17-11-12-20(29-2)21(13-17)30-3/h4-13H,14H2,1-3H3,(H,24,28)(H,26,27). The van der Waals surface area contributed by atoms with Crippen molar-refractivity contribution in [3.8, 4) is 11.5 Å². The number of hydrogen-bond donors (Lipinski definition) is 2. The van der Waals surface area contributed by atoms with Crippen LogP contribution in [-0.2, 0) is 4.79 Å². The van der Waals surface area contributed by atoms with E-state index in [0.717, 1.165) is 16.3 Å². The maximum atomic E-state index is 12.3. The maximum absolute atomic E-state index is 12.3. The minimum atomic E-state index is -0.427. The summed E-state index contributed by atoms with van der Waals surface area (Å²) in [6.45, 7) is 1.61. The fourth-order valence-corrected chi connectivity index (χ4v) is 3.03. The molecule has 2 N–H and O–H groups in total. The predicted octanol–water partition coefficient (Wildman–Crippen LogP) is 3.13. The van der Waals surface area contributed by atoms with Gasteiger partial charge in [0.05, 0.1) is 26.5 Å². The van der Waals surface area contributed by atoms with E-state index in [0.29, 0.717) is 22.8 Å². The number of amides is 2. The molecule has 2 amide bonds. The Kier molecular flexibility index (Phi) is 6.64. The van der Waals surface area contributed by atoms with E-state index < -0.39 is 11.8 Å². The minimum absolute atomic E-state index is 0.209. The Labute approximate surface area is 174 Å². The first-order valence-electron chi connectivity index (χ1n) is 9.35. The Bertz CT molecular complexity index is 1100. The molecule has 0 radical (unpaired) electrons. The van der Waals surface area contributed by atoms with Gasteiger partial charge < -0.3 is 14.8 Å². The zero-order valence-electron chi connectivity index (χ0n) is 17.1. The van der Waals surface area contributed by atoms with Crippen LogP contribution in [0, 0.1) is 0 Å². The molecule has 30 heavy (non-hydrogen) atoms. The van der Waals surface area contributed by atoms with Gasteiger partial charge in [0, 0.05) is 11.1 Å². The van der Waals surface area contributed by atoms with Gasteiger partial charge in [-0.2, -0.15) is 5.10 Å². The minimum Gasteiger partial charge on any atom is -0.493 e. The van der Waals surface area contributed by atoms with E-state index >= 15 is 0 Å². The van der Waals surface area contributed by atoms with E-state index in [2.05, 4.69) is 15.8 Å². The van der Waals surface area contributed by atoms with Crippen molar-refractivity contribution in [2.45, 2.75) is 6.92 Å². The van der Waals surface area contributed by atoms with Gasteiger partial charge >= 0.3 is 0 Å². The molecule has 0 spiro atoms. The summed E-state index contributed by atoms with van der Waals surface area (Å²) in [5.41, 5.74) is 4.45. The van der Waals surface area contributed by atoms with E-state index in [4.69, 9.17) is 9.47 Å². The van der Waals surface area contributed by atoms with Crippen LogP contribution in [0.1, 0.15) is 22.8 Å². The third-order valence-corrected chi connectivity index (χ3v) is 4.58. The first-order valence-corrected chi connectivity index (χ1v) is 9.35. The Morgan fingerprint density at radius 1 is 0.933 bits per heavy atom. The molecule has 0 aliphatic rings. The van der Waals surface area contributed by atoms with Gasteiger partial charge in [0.25, 0.3) is 11.8 Å². The molecule has 0 aromatic heterocycles. The summed E-state index contributed by atoms with van der Waals surface area (Å²) < 4.78 is 10.3. The zero-order valence-corrected chi connectivity index (χ0v) is 17.1. The molecule has 0 saturated heterocycles.